The van der Waals surface area contributed by atoms with E-state index in [9.17, 15) is 0 Å². The van der Waals surface area contributed by atoms with Gasteiger partial charge in [-0.25, -0.2) is 4.98 Å². The third kappa shape index (κ3) is 3.14. The van der Waals surface area contributed by atoms with Crippen LogP contribution in [0.15, 0.2) is 30.3 Å². The number of rotatable bonds is 5. The van der Waals surface area contributed by atoms with Gasteiger partial charge in [-0.3, -0.25) is 0 Å². The van der Waals surface area contributed by atoms with E-state index in [-0.39, 0.29) is 0 Å². The van der Waals surface area contributed by atoms with Crippen molar-refractivity contribution in [3.05, 3.63) is 35.9 Å². The first kappa shape index (κ1) is 13.2. The van der Waals surface area contributed by atoms with E-state index in [0.717, 1.165) is 22.9 Å². The number of halogens is 1. The lowest BCUT2D eigenvalue weighted by Gasteiger charge is -2.10. The molecule has 2 aromatic rings. The van der Waals surface area contributed by atoms with Crippen molar-refractivity contribution in [3.63, 3.8) is 0 Å². The number of nitrogens with zero attached hydrogens (tertiary/aromatic N) is 1. The molecule has 0 N–H and O–H groups in total. The maximum absolute atomic E-state index is 5.98. The zero-order chi connectivity index (χ0) is 13.0. The maximum atomic E-state index is 5.98. The van der Waals surface area contributed by atoms with E-state index in [4.69, 9.17) is 16.3 Å². The molecule has 0 atom stereocenters. The Hall–Kier alpha value is -1.28. The summed E-state index contributed by atoms with van der Waals surface area (Å²) in [5, 5.41) is 1.10. The van der Waals surface area contributed by atoms with Gasteiger partial charge in [0.25, 0.3) is 0 Å². The average Bonchev–Trinajstić information content (AvgIpc) is 2.37. The number of pyridine rings is 1. The number of para-hydroxylation sites is 1. The smallest absolute Gasteiger partial charge is 0.214 e. The summed E-state index contributed by atoms with van der Waals surface area (Å²) < 4.78 is 5.70. The van der Waals surface area contributed by atoms with Gasteiger partial charge < -0.3 is 4.74 Å². The van der Waals surface area contributed by atoms with Gasteiger partial charge in [-0.2, -0.15) is 0 Å². The first-order chi connectivity index (χ1) is 8.70. The van der Waals surface area contributed by atoms with Crippen LogP contribution in [-0.2, 0) is 5.88 Å². The van der Waals surface area contributed by atoms with Crippen molar-refractivity contribution in [2.45, 2.75) is 26.1 Å². The Morgan fingerprint density at radius 1 is 1.28 bits per heavy atom. The van der Waals surface area contributed by atoms with Crippen molar-refractivity contribution in [2.24, 2.45) is 5.92 Å². The van der Waals surface area contributed by atoms with Gasteiger partial charge in [0.1, 0.15) is 0 Å². The largest absolute Gasteiger partial charge is 0.478 e. The lowest BCUT2D eigenvalue weighted by molar-refractivity contribution is 0.280. The molecular formula is C15H18ClNO. The highest BCUT2D eigenvalue weighted by Gasteiger charge is 2.05. The zero-order valence-corrected chi connectivity index (χ0v) is 11.6. The fourth-order valence-corrected chi connectivity index (χ4v) is 2.03. The third-order valence-corrected chi connectivity index (χ3v) is 3.16. The lowest BCUT2D eigenvalue weighted by Crippen LogP contribution is -2.03. The van der Waals surface area contributed by atoms with Gasteiger partial charge in [-0.1, -0.05) is 32.0 Å². The van der Waals surface area contributed by atoms with Crippen LogP contribution in [0.5, 0.6) is 5.88 Å². The molecule has 96 valence electrons. The van der Waals surface area contributed by atoms with Crippen molar-refractivity contribution in [1.82, 2.24) is 4.98 Å². The number of ether oxygens (including phenoxy) is 1. The molecular weight excluding hydrogens is 246 g/mol. The summed E-state index contributed by atoms with van der Waals surface area (Å²) in [7, 11) is 0. The molecule has 0 aliphatic rings. The predicted octanol–water partition coefficient (Wildman–Crippen LogP) is 4.40. The van der Waals surface area contributed by atoms with E-state index in [2.05, 4.69) is 18.8 Å². The Morgan fingerprint density at radius 2 is 2.06 bits per heavy atom. The normalized spacial score (nSPS) is 11.1. The molecule has 0 amide bonds. The Morgan fingerprint density at radius 3 is 2.78 bits per heavy atom. The van der Waals surface area contributed by atoms with Crippen LogP contribution in [0.1, 0.15) is 25.8 Å². The van der Waals surface area contributed by atoms with Gasteiger partial charge in [-0.15, -0.1) is 11.6 Å². The predicted molar refractivity (Wildman–Crippen MR) is 76.3 cm³/mol. The average molecular weight is 264 g/mol. The molecule has 18 heavy (non-hydrogen) atoms. The number of aromatic nitrogens is 1. The number of benzene rings is 1. The first-order valence-corrected chi connectivity index (χ1v) is 6.81. The highest BCUT2D eigenvalue weighted by molar-refractivity contribution is 6.18. The highest BCUT2D eigenvalue weighted by atomic mass is 35.5. The topological polar surface area (TPSA) is 22.1 Å². The lowest BCUT2D eigenvalue weighted by atomic mass is 10.1. The van der Waals surface area contributed by atoms with E-state index in [1.165, 1.54) is 0 Å². The summed E-state index contributed by atoms with van der Waals surface area (Å²) in [5.41, 5.74) is 2.01. The molecule has 1 heterocycles. The molecule has 3 heteroatoms. The van der Waals surface area contributed by atoms with Crippen molar-refractivity contribution >= 4 is 22.5 Å². The first-order valence-electron chi connectivity index (χ1n) is 6.28. The summed E-state index contributed by atoms with van der Waals surface area (Å²) >= 11 is 5.98. The van der Waals surface area contributed by atoms with Crippen LogP contribution < -0.4 is 4.74 Å². The summed E-state index contributed by atoms with van der Waals surface area (Å²) in [5.74, 6) is 1.78. The van der Waals surface area contributed by atoms with Gasteiger partial charge in [0.2, 0.25) is 5.88 Å². The molecule has 0 spiro atoms. The molecule has 0 aliphatic carbocycles. The van der Waals surface area contributed by atoms with E-state index in [0.29, 0.717) is 24.3 Å². The molecule has 0 radical (unpaired) electrons. The second kappa shape index (κ2) is 6.05. The van der Waals surface area contributed by atoms with E-state index < -0.39 is 0 Å². The Bertz CT molecular complexity index is 525. The van der Waals surface area contributed by atoms with Crippen molar-refractivity contribution < 1.29 is 4.74 Å². The van der Waals surface area contributed by atoms with Gasteiger partial charge >= 0.3 is 0 Å². The molecule has 2 rings (SSSR count). The SMILES string of the molecule is CC(C)CCOc1cc(CCl)c2ccccc2n1. The van der Waals surface area contributed by atoms with Gasteiger partial charge in [0.05, 0.1) is 12.1 Å². The molecule has 0 aliphatic heterocycles. The minimum Gasteiger partial charge on any atom is -0.478 e. The van der Waals surface area contributed by atoms with Crippen molar-refractivity contribution in [1.29, 1.82) is 0 Å². The van der Waals surface area contributed by atoms with Crippen LogP contribution in [0.2, 0.25) is 0 Å². The Balaban J connectivity index is 2.24. The fraction of sp³-hybridized carbons (Fsp3) is 0.400. The Labute approximate surface area is 113 Å². The summed E-state index contributed by atoms with van der Waals surface area (Å²) in [6.07, 6.45) is 1.03. The summed E-state index contributed by atoms with van der Waals surface area (Å²) in [4.78, 5) is 4.50. The van der Waals surface area contributed by atoms with Crippen LogP contribution in [0.3, 0.4) is 0 Å². The van der Waals surface area contributed by atoms with E-state index in [1.807, 2.05) is 30.3 Å². The molecule has 0 saturated heterocycles. The van der Waals surface area contributed by atoms with Gasteiger partial charge in [0, 0.05) is 17.3 Å². The maximum Gasteiger partial charge on any atom is 0.214 e. The number of fused-ring (bicyclic) bond motifs is 1. The summed E-state index contributed by atoms with van der Waals surface area (Å²) in [6.45, 7) is 5.06. The fourth-order valence-electron chi connectivity index (χ4n) is 1.80. The third-order valence-electron chi connectivity index (χ3n) is 2.87. The quantitative estimate of drug-likeness (QED) is 0.746. The van der Waals surface area contributed by atoms with E-state index in [1.54, 1.807) is 0 Å². The van der Waals surface area contributed by atoms with Crippen LogP contribution >= 0.6 is 11.6 Å². The van der Waals surface area contributed by atoms with Crippen molar-refractivity contribution in [2.75, 3.05) is 6.61 Å². The molecule has 1 aromatic carbocycles. The minimum atomic E-state index is 0.476. The second-order valence-corrected chi connectivity index (χ2v) is 5.07. The molecule has 0 unspecified atom stereocenters. The van der Waals surface area contributed by atoms with Gasteiger partial charge in [0.15, 0.2) is 0 Å². The highest BCUT2D eigenvalue weighted by Crippen LogP contribution is 2.23. The van der Waals surface area contributed by atoms with Crippen LogP contribution in [-0.4, -0.2) is 11.6 Å². The molecule has 0 saturated carbocycles. The molecule has 1 aromatic heterocycles. The van der Waals surface area contributed by atoms with E-state index >= 15 is 0 Å². The molecule has 0 fully saturated rings. The standard InChI is InChI=1S/C15H18ClNO/c1-11(2)7-8-18-15-9-12(10-16)13-5-3-4-6-14(13)17-15/h3-6,9,11H,7-8,10H2,1-2H3. The zero-order valence-electron chi connectivity index (χ0n) is 10.8. The van der Waals surface area contributed by atoms with Crippen LogP contribution in [0.4, 0.5) is 0 Å². The molecule has 2 nitrogen and oxygen atoms in total. The second-order valence-electron chi connectivity index (χ2n) is 4.80. The molecule has 0 bridgehead atoms. The van der Waals surface area contributed by atoms with Crippen LogP contribution in [0, 0.1) is 5.92 Å². The number of alkyl halides is 1. The van der Waals surface area contributed by atoms with Crippen LogP contribution in [0.25, 0.3) is 10.9 Å². The number of hydrogen-bond acceptors (Lipinski definition) is 2. The Kier molecular flexibility index (Phi) is 4.43. The van der Waals surface area contributed by atoms with Gasteiger partial charge in [-0.05, 0) is 24.0 Å². The number of hydrogen-bond donors (Lipinski definition) is 0. The minimum absolute atomic E-state index is 0.476. The summed E-state index contributed by atoms with van der Waals surface area (Å²) in [6, 6.07) is 9.94. The monoisotopic (exact) mass is 263 g/mol. The van der Waals surface area contributed by atoms with Crippen molar-refractivity contribution in [3.8, 4) is 5.88 Å².